The number of nitrogens with one attached hydrogen (secondary N) is 1. The lowest BCUT2D eigenvalue weighted by Gasteiger charge is -2.29. The van der Waals surface area contributed by atoms with Gasteiger partial charge in [-0.15, -0.1) is 0 Å². The van der Waals surface area contributed by atoms with Gasteiger partial charge in [0.1, 0.15) is 0 Å². The van der Waals surface area contributed by atoms with Crippen LogP contribution in [-0.2, 0) is 14.8 Å². The number of hydrogen-bond acceptors (Lipinski definition) is 4. The molecule has 0 spiro atoms. The Hall–Kier alpha value is -1.76. The highest BCUT2D eigenvalue weighted by atomic mass is 32.2. The van der Waals surface area contributed by atoms with Crippen LogP contribution in [0.25, 0.3) is 0 Å². The van der Waals surface area contributed by atoms with E-state index in [1.807, 2.05) is 31.2 Å². The Bertz CT molecular complexity index is 668. The van der Waals surface area contributed by atoms with Crippen molar-refractivity contribution < 1.29 is 13.2 Å². The highest BCUT2D eigenvalue weighted by Gasteiger charge is 2.18. The van der Waals surface area contributed by atoms with E-state index in [-0.39, 0.29) is 12.5 Å². The minimum atomic E-state index is -3.40. The zero-order valence-electron chi connectivity index (χ0n) is 15.9. The molecule has 0 aromatic heterocycles. The minimum Gasteiger partial charge on any atom is -0.372 e. The fourth-order valence-electron chi connectivity index (χ4n) is 3.19. The number of nitrogens with zero attached hydrogens (tertiary/aromatic N) is 2. The summed E-state index contributed by atoms with van der Waals surface area (Å²) in [5.74, 6) is -0.0271. The van der Waals surface area contributed by atoms with Gasteiger partial charge >= 0.3 is 0 Å². The lowest BCUT2D eigenvalue weighted by molar-refractivity contribution is -0.121. The highest BCUT2D eigenvalue weighted by Crippen LogP contribution is 2.24. The summed E-state index contributed by atoms with van der Waals surface area (Å²) in [5, 5.41) is 2.80. The third-order valence-electron chi connectivity index (χ3n) is 4.65. The predicted molar refractivity (Wildman–Crippen MR) is 107 cm³/mol. The molecule has 6 nitrogen and oxygen atoms in total. The lowest BCUT2D eigenvalue weighted by Crippen LogP contribution is -2.38. The first kappa shape index (κ1) is 20.6. The Labute approximate surface area is 157 Å². The Kier molecular flexibility index (Phi) is 7.75. The van der Waals surface area contributed by atoms with E-state index >= 15 is 0 Å². The van der Waals surface area contributed by atoms with Crippen LogP contribution in [-0.4, -0.2) is 46.8 Å². The van der Waals surface area contributed by atoms with Gasteiger partial charge in [0.05, 0.1) is 18.5 Å². The van der Waals surface area contributed by atoms with Crippen molar-refractivity contribution >= 4 is 27.3 Å². The van der Waals surface area contributed by atoms with Crippen LogP contribution in [0.2, 0.25) is 0 Å². The standard InChI is InChI=1S/C19H31N3O3S/c1-3-4-8-19(23)20-13-16-22(26(2,24)25)18-11-9-17(10-12-18)21-14-6-5-7-15-21/h9-12H,3-8,13-16H2,1-2H3,(H,20,23). The van der Waals surface area contributed by atoms with Gasteiger partial charge in [-0.2, -0.15) is 0 Å². The summed E-state index contributed by atoms with van der Waals surface area (Å²) in [6.07, 6.45) is 7.18. The largest absolute Gasteiger partial charge is 0.372 e. The number of carbonyl (C=O) groups excluding carboxylic acids is 1. The van der Waals surface area contributed by atoms with Crippen LogP contribution in [0.1, 0.15) is 45.4 Å². The van der Waals surface area contributed by atoms with Gasteiger partial charge in [-0.1, -0.05) is 13.3 Å². The summed E-state index contributed by atoms with van der Waals surface area (Å²) < 4.78 is 25.7. The molecule has 1 aromatic rings. The summed E-state index contributed by atoms with van der Waals surface area (Å²) in [4.78, 5) is 14.0. The van der Waals surface area contributed by atoms with Gasteiger partial charge in [-0.05, 0) is 49.9 Å². The molecule has 1 fully saturated rings. The molecule has 1 saturated heterocycles. The number of hydrogen-bond donors (Lipinski definition) is 1. The van der Waals surface area contributed by atoms with E-state index in [9.17, 15) is 13.2 Å². The highest BCUT2D eigenvalue weighted by molar-refractivity contribution is 7.92. The van der Waals surface area contributed by atoms with E-state index in [1.165, 1.54) is 29.8 Å². The maximum Gasteiger partial charge on any atom is 0.232 e. The van der Waals surface area contributed by atoms with Gasteiger partial charge in [0.25, 0.3) is 0 Å². The van der Waals surface area contributed by atoms with Gasteiger partial charge in [-0.25, -0.2) is 8.42 Å². The molecule has 1 heterocycles. The van der Waals surface area contributed by atoms with E-state index in [0.29, 0.717) is 18.7 Å². The van der Waals surface area contributed by atoms with Crippen molar-refractivity contribution in [3.63, 3.8) is 0 Å². The Morgan fingerprint density at radius 2 is 1.81 bits per heavy atom. The zero-order chi connectivity index (χ0) is 19.0. The molecule has 0 saturated carbocycles. The van der Waals surface area contributed by atoms with Gasteiger partial charge in [-0.3, -0.25) is 9.10 Å². The molecule has 0 unspecified atom stereocenters. The minimum absolute atomic E-state index is 0.0271. The second-order valence-corrected chi connectivity index (χ2v) is 8.76. The molecule has 0 bridgehead atoms. The van der Waals surface area contributed by atoms with Gasteiger partial charge in [0, 0.05) is 31.7 Å². The van der Waals surface area contributed by atoms with Crippen LogP contribution in [0, 0.1) is 0 Å². The third kappa shape index (κ3) is 6.20. The quantitative estimate of drug-likeness (QED) is 0.714. The van der Waals surface area contributed by atoms with E-state index in [4.69, 9.17) is 0 Å². The van der Waals surface area contributed by atoms with Crippen molar-refractivity contribution in [2.24, 2.45) is 0 Å². The Morgan fingerprint density at radius 1 is 1.15 bits per heavy atom. The first-order chi connectivity index (χ1) is 12.4. The number of benzene rings is 1. The summed E-state index contributed by atoms with van der Waals surface area (Å²) in [5.41, 5.74) is 1.77. The number of rotatable bonds is 9. The monoisotopic (exact) mass is 381 g/mol. The maximum absolute atomic E-state index is 12.2. The molecular weight excluding hydrogens is 350 g/mol. The maximum atomic E-state index is 12.2. The normalized spacial score (nSPS) is 14.9. The molecule has 1 aromatic carbocycles. The topological polar surface area (TPSA) is 69.7 Å². The number of anilines is 2. The number of sulfonamides is 1. The summed E-state index contributed by atoms with van der Waals surface area (Å²) in [6.45, 7) is 4.69. The molecule has 0 radical (unpaired) electrons. The Balaban J connectivity index is 1.99. The van der Waals surface area contributed by atoms with Crippen molar-refractivity contribution in [2.75, 3.05) is 41.6 Å². The fraction of sp³-hybridized carbons (Fsp3) is 0.632. The average Bonchev–Trinajstić information content (AvgIpc) is 2.63. The third-order valence-corrected chi connectivity index (χ3v) is 5.85. The number of amides is 1. The van der Waals surface area contributed by atoms with E-state index in [0.717, 1.165) is 31.6 Å². The second-order valence-electron chi connectivity index (χ2n) is 6.85. The molecule has 26 heavy (non-hydrogen) atoms. The first-order valence-electron chi connectivity index (χ1n) is 9.51. The molecule has 1 amide bonds. The molecule has 146 valence electrons. The van der Waals surface area contributed by atoms with E-state index in [1.54, 1.807) is 0 Å². The Morgan fingerprint density at radius 3 is 2.38 bits per heavy atom. The second kappa shape index (κ2) is 9.80. The van der Waals surface area contributed by atoms with Gasteiger partial charge < -0.3 is 10.2 Å². The molecule has 2 rings (SSSR count). The van der Waals surface area contributed by atoms with Crippen LogP contribution >= 0.6 is 0 Å². The molecular formula is C19H31N3O3S. The SMILES string of the molecule is CCCCC(=O)NCCN(c1ccc(N2CCCCC2)cc1)S(C)(=O)=O. The van der Waals surface area contributed by atoms with Gasteiger partial charge in [0.2, 0.25) is 15.9 Å². The zero-order valence-corrected chi connectivity index (χ0v) is 16.7. The number of carbonyl (C=O) groups is 1. The van der Waals surface area contributed by atoms with E-state index < -0.39 is 10.0 Å². The van der Waals surface area contributed by atoms with Crippen molar-refractivity contribution in [3.05, 3.63) is 24.3 Å². The number of piperidine rings is 1. The first-order valence-corrected chi connectivity index (χ1v) is 11.4. The van der Waals surface area contributed by atoms with Crippen LogP contribution < -0.4 is 14.5 Å². The summed E-state index contributed by atoms with van der Waals surface area (Å²) in [7, 11) is -3.40. The summed E-state index contributed by atoms with van der Waals surface area (Å²) >= 11 is 0. The average molecular weight is 382 g/mol. The van der Waals surface area contributed by atoms with Gasteiger partial charge in [0.15, 0.2) is 0 Å². The molecule has 0 aliphatic carbocycles. The fourth-order valence-corrected chi connectivity index (χ4v) is 4.12. The molecule has 1 aliphatic rings. The molecule has 7 heteroatoms. The van der Waals surface area contributed by atoms with Crippen LogP contribution in [0.15, 0.2) is 24.3 Å². The molecule has 1 aliphatic heterocycles. The van der Waals surface area contributed by atoms with Crippen molar-refractivity contribution in [1.82, 2.24) is 5.32 Å². The van der Waals surface area contributed by atoms with Crippen molar-refractivity contribution in [1.29, 1.82) is 0 Å². The van der Waals surface area contributed by atoms with Crippen LogP contribution in [0.5, 0.6) is 0 Å². The molecule has 0 atom stereocenters. The van der Waals surface area contributed by atoms with Crippen molar-refractivity contribution in [2.45, 2.75) is 45.4 Å². The smallest absolute Gasteiger partial charge is 0.232 e. The predicted octanol–water partition coefficient (Wildman–Crippen LogP) is 2.75. The number of unbranched alkanes of at least 4 members (excludes halogenated alkanes) is 1. The van der Waals surface area contributed by atoms with Crippen LogP contribution in [0.4, 0.5) is 11.4 Å². The van der Waals surface area contributed by atoms with Crippen LogP contribution in [0.3, 0.4) is 0 Å². The van der Waals surface area contributed by atoms with E-state index in [2.05, 4.69) is 10.2 Å². The van der Waals surface area contributed by atoms with Crippen molar-refractivity contribution in [3.8, 4) is 0 Å². The lowest BCUT2D eigenvalue weighted by atomic mass is 10.1. The molecule has 1 N–H and O–H groups in total. The summed E-state index contributed by atoms with van der Waals surface area (Å²) in [6, 6.07) is 7.67.